The van der Waals surface area contributed by atoms with Crippen molar-refractivity contribution in [3.05, 3.63) is 23.9 Å². The summed E-state index contributed by atoms with van der Waals surface area (Å²) in [6.45, 7) is 9.39. The summed E-state index contributed by atoms with van der Waals surface area (Å²) in [7, 11) is 0. The Morgan fingerprint density at radius 2 is 1.95 bits per heavy atom. The average Bonchev–Trinajstić information content (AvgIpc) is 2.46. The van der Waals surface area contributed by atoms with Crippen molar-refractivity contribution in [2.45, 2.75) is 45.7 Å². The molecule has 0 aromatic carbocycles. The number of aromatic nitrogens is 1. The largest absolute Gasteiger partial charge is 0.387 e. The number of aliphatic hydroxyl groups is 1. The van der Waals surface area contributed by atoms with Crippen molar-refractivity contribution < 1.29 is 9.90 Å². The summed E-state index contributed by atoms with van der Waals surface area (Å²) in [6.07, 6.45) is 1.93. The molecule has 1 aliphatic rings. The Bertz CT molecular complexity index is 475. The summed E-state index contributed by atoms with van der Waals surface area (Å²) < 4.78 is 0. The second-order valence-corrected chi connectivity index (χ2v) is 6.17. The fourth-order valence-corrected chi connectivity index (χ4v) is 3.01. The van der Waals surface area contributed by atoms with Gasteiger partial charge in [-0.2, -0.15) is 0 Å². The van der Waals surface area contributed by atoms with Crippen molar-refractivity contribution in [3.8, 4) is 0 Å². The molecule has 5 nitrogen and oxygen atoms in total. The predicted molar refractivity (Wildman–Crippen MR) is 83.4 cm³/mol. The van der Waals surface area contributed by atoms with Gasteiger partial charge in [-0.1, -0.05) is 19.9 Å². The van der Waals surface area contributed by atoms with Gasteiger partial charge >= 0.3 is 0 Å². The van der Waals surface area contributed by atoms with Gasteiger partial charge in [0.25, 0.3) is 0 Å². The standard InChI is InChI=1S/C16H25N3O2/c1-11(2)14-5-6-15(17-7-14)18-8-12(3)19(13(4)9-18)16(21)10-20/h5-7,11-13,20H,8-10H2,1-4H3. The molecular formula is C16H25N3O2. The van der Waals surface area contributed by atoms with E-state index in [9.17, 15) is 4.79 Å². The van der Waals surface area contributed by atoms with Crippen molar-refractivity contribution in [1.29, 1.82) is 0 Å². The molecular weight excluding hydrogens is 266 g/mol. The molecule has 1 aromatic heterocycles. The molecule has 116 valence electrons. The van der Waals surface area contributed by atoms with Crippen LogP contribution in [0.1, 0.15) is 39.2 Å². The minimum atomic E-state index is -0.421. The normalized spacial score (nSPS) is 22.8. The van der Waals surface area contributed by atoms with E-state index in [-0.39, 0.29) is 18.0 Å². The van der Waals surface area contributed by atoms with Gasteiger partial charge in [0.15, 0.2) is 0 Å². The van der Waals surface area contributed by atoms with E-state index in [0.717, 1.165) is 18.9 Å². The topological polar surface area (TPSA) is 56.7 Å². The lowest BCUT2D eigenvalue weighted by molar-refractivity contribution is -0.139. The summed E-state index contributed by atoms with van der Waals surface area (Å²) in [6, 6.07) is 4.31. The smallest absolute Gasteiger partial charge is 0.248 e. The van der Waals surface area contributed by atoms with E-state index in [0.29, 0.717) is 5.92 Å². The third kappa shape index (κ3) is 3.35. The maximum atomic E-state index is 11.8. The first-order chi connectivity index (χ1) is 9.93. The first-order valence-electron chi connectivity index (χ1n) is 7.57. The molecule has 1 aromatic rings. The van der Waals surface area contributed by atoms with Crippen LogP contribution in [0.3, 0.4) is 0 Å². The summed E-state index contributed by atoms with van der Waals surface area (Å²) in [5, 5.41) is 9.07. The Labute approximate surface area is 126 Å². The van der Waals surface area contributed by atoms with Crippen molar-refractivity contribution in [3.63, 3.8) is 0 Å². The zero-order valence-electron chi connectivity index (χ0n) is 13.3. The average molecular weight is 291 g/mol. The summed E-state index contributed by atoms with van der Waals surface area (Å²) in [5.41, 5.74) is 1.23. The molecule has 0 spiro atoms. The lowest BCUT2D eigenvalue weighted by Crippen LogP contribution is -2.59. The molecule has 21 heavy (non-hydrogen) atoms. The number of hydrogen-bond acceptors (Lipinski definition) is 4. The fraction of sp³-hybridized carbons (Fsp3) is 0.625. The van der Waals surface area contributed by atoms with Gasteiger partial charge < -0.3 is 14.9 Å². The highest BCUT2D eigenvalue weighted by Crippen LogP contribution is 2.22. The second kappa shape index (κ2) is 6.43. The molecule has 1 saturated heterocycles. The molecule has 1 fully saturated rings. The van der Waals surface area contributed by atoms with Crippen molar-refractivity contribution in [1.82, 2.24) is 9.88 Å². The van der Waals surface area contributed by atoms with Crippen LogP contribution in [0.2, 0.25) is 0 Å². The SMILES string of the molecule is CC(C)c1ccc(N2CC(C)N(C(=O)CO)C(C)C2)nc1. The molecule has 2 rings (SSSR count). The first kappa shape index (κ1) is 15.8. The van der Waals surface area contributed by atoms with Gasteiger partial charge in [-0.25, -0.2) is 4.98 Å². The number of hydrogen-bond donors (Lipinski definition) is 1. The summed E-state index contributed by atoms with van der Waals surface area (Å²) in [5.74, 6) is 1.23. The van der Waals surface area contributed by atoms with Crippen molar-refractivity contribution >= 4 is 11.7 Å². The van der Waals surface area contributed by atoms with Crippen LogP contribution in [0.25, 0.3) is 0 Å². The number of aliphatic hydroxyl groups excluding tert-OH is 1. The molecule has 0 saturated carbocycles. The first-order valence-corrected chi connectivity index (χ1v) is 7.57. The number of anilines is 1. The van der Waals surface area contributed by atoms with E-state index in [2.05, 4.69) is 35.9 Å². The Morgan fingerprint density at radius 3 is 2.38 bits per heavy atom. The van der Waals surface area contributed by atoms with Crippen LogP contribution in [0.15, 0.2) is 18.3 Å². The molecule has 2 heterocycles. The zero-order chi connectivity index (χ0) is 15.6. The van der Waals surface area contributed by atoms with Crippen LogP contribution in [0.5, 0.6) is 0 Å². The molecule has 0 radical (unpaired) electrons. The molecule has 2 atom stereocenters. The molecule has 5 heteroatoms. The highest BCUT2D eigenvalue weighted by atomic mass is 16.3. The number of piperazine rings is 1. The lowest BCUT2D eigenvalue weighted by Gasteiger charge is -2.44. The maximum Gasteiger partial charge on any atom is 0.248 e. The molecule has 0 aliphatic carbocycles. The Kier molecular flexibility index (Phi) is 4.83. The minimum Gasteiger partial charge on any atom is -0.387 e. The number of carbonyl (C=O) groups excluding carboxylic acids is 1. The van der Waals surface area contributed by atoms with E-state index in [1.807, 2.05) is 20.0 Å². The molecule has 0 bridgehead atoms. The quantitative estimate of drug-likeness (QED) is 0.919. The Morgan fingerprint density at radius 1 is 1.33 bits per heavy atom. The van der Waals surface area contributed by atoms with Gasteiger partial charge in [0, 0.05) is 31.4 Å². The van der Waals surface area contributed by atoms with Crippen LogP contribution in [-0.2, 0) is 4.79 Å². The summed E-state index contributed by atoms with van der Waals surface area (Å²) in [4.78, 5) is 20.3. The van der Waals surface area contributed by atoms with Gasteiger partial charge in [-0.05, 0) is 31.4 Å². The van der Waals surface area contributed by atoms with E-state index in [4.69, 9.17) is 5.11 Å². The number of rotatable bonds is 3. The van der Waals surface area contributed by atoms with Gasteiger partial charge in [-0.15, -0.1) is 0 Å². The third-order valence-electron chi connectivity index (χ3n) is 4.10. The maximum absolute atomic E-state index is 11.8. The molecule has 1 amide bonds. The third-order valence-corrected chi connectivity index (χ3v) is 4.10. The van der Waals surface area contributed by atoms with Gasteiger partial charge in [-0.3, -0.25) is 4.79 Å². The fourth-order valence-electron chi connectivity index (χ4n) is 3.01. The van der Waals surface area contributed by atoms with Crippen molar-refractivity contribution in [2.24, 2.45) is 0 Å². The van der Waals surface area contributed by atoms with Gasteiger partial charge in [0.05, 0.1) is 0 Å². The summed E-state index contributed by atoms with van der Waals surface area (Å²) >= 11 is 0. The monoisotopic (exact) mass is 291 g/mol. The van der Waals surface area contributed by atoms with E-state index >= 15 is 0 Å². The molecule has 1 aliphatic heterocycles. The van der Waals surface area contributed by atoms with Gasteiger partial charge in [0.1, 0.15) is 12.4 Å². The van der Waals surface area contributed by atoms with Crippen molar-refractivity contribution in [2.75, 3.05) is 24.6 Å². The lowest BCUT2D eigenvalue weighted by atomic mass is 10.1. The predicted octanol–water partition coefficient (Wildman–Crippen LogP) is 1.62. The van der Waals surface area contributed by atoms with Crippen LogP contribution in [-0.4, -0.2) is 52.7 Å². The molecule has 1 N–H and O–H groups in total. The number of nitrogens with zero attached hydrogens (tertiary/aromatic N) is 3. The van der Waals surface area contributed by atoms with Crippen LogP contribution in [0, 0.1) is 0 Å². The number of pyridine rings is 1. The Hall–Kier alpha value is -1.62. The van der Waals surface area contributed by atoms with E-state index in [1.54, 1.807) is 4.90 Å². The zero-order valence-corrected chi connectivity index (χ0v) is 13.3. The highest BCUT2D eigenvalue weighted by Gasteiger charge is 2.32. The number of amides is 1. The Balaban J connectivity index is 2.11. The van der Waals surface area contributed by atoms with Crippen LogP contribution < -0.4 is 4.90 Å². The second-order valence-electron chi connectivity index (χ2n) is 6.17. The van der Waals surface area contributed by atoms with Crippen LogP contribution >= 0.6 is 0 Å². The highest BCUT2D eigenvalue weighted by molar-refractivity contribution is 5.78. The van der Waals surface area contributed by atoms with Gasteiger partial charge in [0.2, 0.25) is 5.91 Å². The minimum absolute atomic E-state index is 0.0694. The number of carbonyl (C=O) groups is 1. The van der Waals surface area contributed by atoms with E-state index < -0.39 is 6.61 Å². The van der Waals surface area contributed by atoms with Crippen LogP contribution in [0.4, 0.5) is 5.82 Å². The van der Waals surface area contributed by atoms with E-state index in [1.165, 1.54) is 5.56 Å². The molecule has 2 unspecified atom stereocenters.